The topological polar surface area (TPSA) is 54.2 Å². The number of benzene rings is 2. The van der Waals surface area contributed by atoms with Crippen LogP contribution in [-0.2, 0) is 13.1 Å². The molecule has 3 rings (SSSR count). The molecule has 2 aromatic carbocycles. The van der Waals surface area contributed by atoms with Gasteiger partial charge < -0.3 is 15.2 Å². The van der Waals surface area contributed by atoms with Crippen molar-refractivity contribution in [2.24, 2.45) is 4.99 Å². The van der Waals surface area contributed by atoms with Crippen LogP contribution in [0.25, 0.3) is 5.69 Å². The molecule has 1 heterocycles. The Morgan fingerprint density at radius 3 is 2.50 bits per heavy atom. The Bertz CT molecular complexity index is 881. The van der Waals surface area contributed by atoms with E-state index < -0.39 is 0 Å². The summed E-state index contributed by atoms with van der Waals surface area (Å²) in [6.45, 7) is 5.68. The highest BCUT2D eigenvalue weighted by atomic mass is 15.2. The van der Waals surface area contributed by atoms with E-state index in [0.717, 1.165) is 18.2 Å². The monoisotopic (exact) mass is 347 g/mol. The van der Waals surface area contributed by atoms with Crippen LogP contribution < -0.4 is 10.6 Å². The number of nitrogens with zero attached hydrogens (tertiary/aromatic N) is 3. The van der Waals surface area contributed by atoms with Crippen molar-refractivity contribution < 1.29 is 0 Å². The molecule has 0 saturated carbocycles. The van der Waals surface area contributed by atoms with Gasteiger partial charge in [-0.3, -0.25) is 4.99 Å². The first-order valence-corrected chi connectivity index (χ1v) is 8.74. The molecule has 5 nitrogen and oxygen atoms in total. The second kappa shape index (κ2) is 8.34. The summed E-state index contributed by atoms with van der Waals surface area (Å²) in [5.74, 6) is 0.783. The van der Waals surface area contributed by atoms with E-state index in [-0.39, 0.29) is 0 Å². The van der Waals surface area contributed by atoms with Gasteiger partial charge in [0.05, 0.1) is 12.0 Å². The maximum Gasteiger partial charge on any atom is 0.191 e. The normalized spacial score (nSPS) is 11.4. The van der Waals surface area contributed by atoms with E-state index in [2.05, 4.69) is 64.8 Å². The number of guanidine groups is 1. The van der Waals surface area contributed by atoms with Crippen molar-refractivity contribution in [2.75, 3.05) is 7.05 Å². The third kappa shape index (κ3) is 4.30. The molecule has 0 aliphatic rings. The van der Waals surface area contributed by atoms with E-state index >= 15 is 0 Å². The molecule has 0 atom stereocenters. The Hall–Kier alpha value is -3.08. The highest BCUT2D eigenvalue weighted by Gasteiger charge is 2.06. The average molecular weight is 347 g/mol. The van der Waals surface area contributed by atoms with Gasteiger partial charge in [-0.05, 0) is 36.6 Å². The van der Waals surface area contributed by atoms with E-state index in [9.17, 15) is 0 Å². The van der Waals surface area contributed by atoms with E-state index in [1.54, 1.807) is 13.2 Å². The zero-order valence-corrected chi connectivity index (χ0v) is 15.5. The minimum Gasteiger partial charge on any atom is -0.352 e. The minimum atomic E-state index is 0.681. The van der Waals surface area contributed by atoms with Crippen molar-refractivity contribution in [1.29, 1.82) is 0 Å². The molecule has 26 heavy (non-hydrogen) atoms. The van der Waals surface area contributed by atoms with Crippen LogP contribution in [0.4, 0.5) is 0 Å². The predicted molar refractivity (Wildman–Crippen MR) is 107 cm³/mol. The summed E-state index contributed by atoms with van der Waals surface area (Å²) in [6.07, 6.45) is 5.55. The molecule has 5 heteroatoms. The minimum absolute atomic E-state index is 0.681. The molecule has 0 aliphatic heterocycles. The summed E-state index contributed by atoms with van der Waals surface area (Å²) in [4.78, 5) is 8.47. The number of hydrogen-bond acceptors (Lipinski definition) is 2. The Labute approximate surface area is 154 Å². The van der Waals surface area contributed by atoms with Gasteiger partial charge >= 0.3 is 0 Å². The van der Waals surface area contributed by atoms with Gasteiger partial charge in [-0.15, -0.1) is 0 Å². The first-order valence-electron chi connectivity index (χ1n) is 8.74. The Morgan fingerprint density at radius 2 is 1.81 bits per heavy atom. The maximum atomic E-state index is 4.33. The van der Waals surface area contributed by atoms with E-state index in [1.165, 1.54) is 22.3 Å². The zero-order chi connectivity index (χ0) is 18.4. The number of rotatable bonds is 5. The third-order valence-corrected chi connectivity index (χ3v) is 4.39. The molecule has 0 aliphatic carbocycles. The summed E-state index contributed by atoms with van der Waals surface area (Å²) in [5, 5.41) is 6.78. The molecule has 0 amide bonds. The molecule has 0 radical (unpaired) electrons. The number of aryl methyl sites for hydroxylation is 2. The molecule has 3 aromatic rings. The van der Waals surface area contributed by atoms with Crippen LogP contribution in [0.1, 0.15) is 22.3 Å². The summed E-state index contributed by atoms with van der Waals surface area (Å²) in [7, 11) is 1.79. The average Bonchev–Trinajstić information content (AvgIpc) is 3.18. The molecule has 0 spiro atoms. The Morgan fingerprint density at radius 1 is 1.04 bits per heavy atom. The molecule has 1 aromatic heterocycles. The second-order valence-corrected chi connectivity index (χ2v) is 6.31. The lowest BCUT2D eigenvalue weighted by Crippen LogP contribution is -2.36. The van der Waals surface area contributed by atoms with Gasteiger partial charge in [0, 0.05) is 32.5 Å². The maximum absolute atomic E-state index is 4.33. The number of imidazole rings is 1. The predicted octanol–water partition coefficient (Wildman–Crippen LogP) is 3.35. The van der Waals surface area contributed by atoms with Crippen LogP contribution in [0.2, 0.25) is 0 Å². The zero-order valence-electron chi connectivity index (χ0n) is 15.5. The van der Waals surface area contributed by atoms with Gasteiger partial charge in [0.15, 0.2) is 5.96 Å². The summed E-state index contributed by atoms with van der Waals surface area (Å²) >= 11 is 0. The molecule has 2 N–H and O–H groups in total. The van der Waals surface area contributed by atoms with Gasteiger partial charge in [0.1, 0.15) is 0 Å². The fourth-order valence-electron chi connectivity index (χ4n) is 2.94. The molecule has 0 bridgehead atoms. The van der Waals surface area contributed by atoms with Gasteiger partial charge in [0.2, 0.25) is 0 Å². The number of para-hydroxylation sites is 1. The summed E-state index contributed by atoms with van der Waals surface area (Å²) < 4.78 is 2.02. The first-order chi connectivity index (χ1) is 12.7. The fraction of sp³-hybridized carbons (Fsp3) is 0.238. The Balaban J connectivity index is 1.63. The second-order valence-electron chi connectivity index (χ2n) is 6.31. The molecular weight excluding hydrogens is 322 g/mol. The van der Waals surface area contributed by atoms with Crippen LogP contribution in [0.5, 0.6) is 0 Å². The quantitative estimate of drug-likeness (QED) is 0.550. The van der Waals surface area contributed by atoms with Crippen LogP contribution in [0.15, 0.2) is 66.2 Å². The lowest BCUT2D eigenvalue weighted by molar-refractivity contribution is 0.801. The molecular formula is C21H25N5. The largest absolute Gasteiger partial charge is 0.352 e. The van der Waals surface area contributed by atoms with Crippen molar-refractivity contribution in [1.82, 2.24) is 20.2 Å². The highest BCUT2D eigenvalue weighted by molar-refractivity contribution is 5.79. The molecule has 0 saturated heterocycles. The van der Waals surface area contributed by atoms with Crippen molar-refractivity contribution in [3.8, 4) is 5.69 Å². The first kappa shape index (κ1) is 17.7. The molecule has 134 valence electrons. The van der Waals surface area contributed by atoms with Gasteiger partial charge in [-0.1, -0.05) is 42.0 Å². The SMILES string of the molecule is CN=C(NCc1ccc(C)cc1C)NCc1ccccc1-n1ccnc1. The lowest BCUT2D eigenvalue weighted by Gasteiger charge is -2.15. The number of aliphatic imine (C=N–C) groups is 1. The highest BCUT2D eigenvalue weighted by Crippen LogP contribution is 2.14. The molecule has 0 fully saturated rings. The third-order valence-electron chi connectivity index (χ3n) is 4.39. The fourth-order valence-corrected chi connectivity index (χ4v) is 2.94. The number of hydrogen-bond donors (Lipinski definition) is 2. The van der Waals surface area contributed by atoms with Gasteiger partial charge in [-0.25, -0.2) is 4.98 Å². The van der Waals surface area contributed by atoms with Crippen molar-refractivity contribution in [3.05, 3.63) is 83.4 Å². The summed E-state index contributed by atoms with van der Waals surface area (Å²) in [5.41, 5.74) is 6.14. The van der Waals surface area contributed by atoms with Crippen molar-refractivity contribution in [2.45, 2.75) is 26.9 Å². The van der Waals surface area contributed by atoms with Crippen LogP contribution >= 0.6 is 0 Å². The van der Waals surface area contributed by atoms with E-state index in [4.69, 9.17) is 0 Å². The van der Waals surface area contributed by atoms with Crippen molar-refractivity contribution in [3.63, 3.8) is 0 Å². The smallest absolute Gasteiger partial charge is 0.191 e. The van der Waals surface area contributed by atoms with E-state index in [1.807, 2.05) is 29.2 Å². The number of aromatic nitrogens is 2. The van der Waals surface area contributed by atoms with Crippen molar-refractivity contribution >= 4 is 5.96 Å². The standard InChI is InChI=1S/C21H25N5/c1-16-8-9-18(17(2)12-16)13-24-21(22-3)25-14-19-6-4-5-7-20(19)26-11-10-23-15-26/h4-12,15H,13-14H2,1-3H3,(H2,22,24,25). The Kier molecular flexibility index (Phi) is 5.69. The van der Waals surface area contributed by atoms with Crippen LogP contribution in [0.3, 0.4) is 0 Å². The lowest BCUT2D eigenvalue weighted by atomic mass is 10.1. The molecule has 0 unspecified atom stereocenters. The van der Waals surface area contributed by atoms with Crippen LogP contribution in [0, 0.1) is 13.8 Å². The van der Waals surface area contributed by atoms with E-state index in [0.29, 0.717) is 6.54 Å². The van der Waals surface area contributed by atoms with Gasteiger partial charge in [0.25, 0.3) is 0 Å². The number of nitrogens with one attached hydrogen (secondary N) is 2. The summed E-state index contributed by atoms with van der Waals surface area (Å²) in [6, 6.07) is 14.8. The van der Waals surface area contributed by atoms with Gasteiger partial charge in [-0.2, -0.15) is 0 Å². The van der Waals surface area contributed by atoms with Crippen LogP contribution in [-0.4, -0.2) is 22.6 Å².